The predicted molar refractivity (Wildman–Crippen MR) is 95.3 cm³/mol. The highest BCUT2D eigenvalue weighted by atomic mass is 16.6. The zero-order valence-corrected chi connectivity index (χ0v) is 15.3. The standard InChI is InChI=1S/C20H26O4/c1-7-23-19(22)18(24-20(4,5)6)16-13(3)11-14-10-12(2)8-9-15(14)17(16)21/h8-11,18,21H,7H2,1-6H3. The van der Waals surface area contributed by atoms with Gasteiger partial charge in [0.05, 0.1) is 12.2 Å². The highest BCUT2D eigenvalue weighted by Crippen LogP contribution is 2.39. The second-order valence-corrected chi connectivity index (χ2v) is 7.04. The number of hydrogen-bond acceptors (Lipinski definition) is 4. The third-order valence-corrected chi connectivity index (χ3v) is 3.75. The van der Waals surface area contributed by atoms with E-state index in [1.54, 1.807) is 6.92 Å². The fraction of sp³-hybridized carbons (Fsp3) is 0.450. The van der Waals surface area contributed by atoms with Crippen molar-refractivity contribution in [1.29, 1.82) is 0 Å². The zero-order chi connectivity index (χ0) is 18.1. The second kappa shape index (κ2) is 6.81. The lowest BCUT2D eigenvalue weighted by atomic mass is 9.95. The van der Waals surface area contributed by atoms with E-state index >= 15 is 0 Å². The number of aryl methyl sites for hydroxylation is 2. The molecule has 0 aromatic heterocycles. The number of phenols is 1. The van der Waals surface area contributed by atoms with Crippen LogP contribution in [0.2, 0.25) is 0 Å². The number of rotatable bonds is 4. The van der Waals surface area contributed by atoms with Crippen molar-refractivity contribution in [1.82, 2.24) is 0 Å². The maximum absolute atomic E-state index is 12.5. The molecule has 0 fully saturated rings. The van der Waals surface area contributed by atoms with E-state index in [0.717, 1.165) is 16.5 Å². The van der Waals surface area contributed by atoms with Crippen molar-refractivity contribution in [3.05, 3.63) is 41.0 Å². The lowest BCUT2D eigenvalue weighted by molar-refractivity contribution is -0.167. The molecule has 4 nitrogen and oxygen atoms in total. The van der Waals surface area contributed by atoms with Crippen molar-refractivity contribution in [2.75, 3.05) is 6.61 Å². The minimum Gasteiger partial charge on any atom is -0.507 e. The summed E-state index contributed by atoms with van der Waals surface area (Å²) >= 11 is 0. The maximum Gasteiger partial charge on any atom is 0.340 e. The fourth-order valence-corrected chi connectivity index (χ4v) is 2.79. The Kier molecular flexibility index (Phi) is 5.19. The van der Waals surface area contributed by atoms with Crippen LogP contribution < -0.4 is 0 Å². The summed E-state index contributed by atoms with van der Waals surface area (Å²) in [6, 6.07) is 7.78. The normalized spacial score (nSPS) is 13.1. The molecule has 0 saturated carbocycles. The van der Waals surface area contributed by atoms with Gasteiger partial charge < -0.3 is 14.6 Å². The molecule has 0 saturated heterocycles. The van der Waals surface area contributed by atoms with Crippen LogP contribution >= 0.6 is 0 Å². The van der Waals surface area contributed by atoms with Gasteiger partial charge in [0.15, 0.2) is 6.10 Å². The quantitative estimate of drug-likeness (QED) is 0.834. The van der Waals surface area contributed by atoms with Gasteiger partial charge in [0.1, 0.15) is 5.75 Å². The van der Waals surface area contributed by atoms with Crippen LogP contribution in [0.25, 0.3) is 10.8 Å². The van der Waals surface area contributed by atoms with Gasteiger partial charge in [-0.1, -0.05) is 29.8 Å². The summed E-state index contributed by atoms with van der Waals surface area (Å²) in [5.74, 6) is -0.412. The van der Waals surface area contributed by atoms with Gasteiger partial charge >= 0.3 is 5.97 Å². The molecular weight excluding hydrogens is 304 g/mol. The minimum absolute atomic E-state index is 0.0762. The van der Waals surface area contributed by atoms with E-state index in [1.165, 1.54) is 0 Å². The summed E-state index contributed by atoms with van der Waals surface area (Å²) in [6.07, 6.45) is -0.962. The van der Waals surface area contributed by atoms with Gasteiger partial charge in [0.2, 0.25) is 0 Å². The van der Waals surface area contributed by atoms with Crippen molar-refractivity contribution >= 4 is 16.7 Å². The van der Waals surface area contributed by atoms with Gasteiger partial charge in [-0.2, -0.15) is 0 Å². The van der Waals surface area contributed by atoms with E-state index in [0.29, 0.717) is 10.9 Å². The third-order valence-electron chi connectivity index (χ3n) is 3.75. The Hall–Kier alpha value is -2.07. The molecule has 0 aliphatic heterocycles. The van der Waals surface area contributed by atoms with E-state index in [4.69, 9.17) is 9.47 Å². The topological polar surface area (TPSA) is 55.8 Å². The Bertz CT molecular complexity index is 756. The number of hydrogen-bond donors (Lipinski definition) is 1. The highest BCUT2D eigenvalue weighted by Gasteiger charge is 2.32. The van der Waals surface area contributed by atoms with Crippen LogP contribution in [0.1, 0.15) is 50.5 Å². The summed E-state index contributed by atoms with van der Waals surface area (Å²) in [5.41, 5.74) is 1.83. The number of carbonyl (C=O) groups excluding carboxylic acids is 1. The lowest BCUT2D eigenvalue weighted by Crippen LogP contribution is -2.29. The Balaban J connectivity index is 2.64. The molecule has 130 valence electrons. The largest absolute Gasteiger partial charge is 0.507 e. The summed E-state index contributed by atoms with van der Waals surface area (Å²) in [6.45, 7) is 11.5. The molecule has 2 aromatic carbocycles. The highest BCUT2D eigenvalue weighted by molar-refractivity contribution is 5.93. The first-order valence-electron chi connectivity index (χ1n) is 8.21. The van der Waals surface area contributed by atoms with Crippen molar-refractivity contribution in [3.8, 4) is 5.75 Å². The van der Waals surface area contributed by atoms with Crippen LogP contribution in [0.5, 0.6) is 5.75 Å². The molecule has 1 unspecified atom stereocenters. The second-order valence-electron chi connectivity index (χ2n) is 7.04. The van der Waals surface area contributed by atoms with Crippen LogP contribution in [-0.2, 0) is 14.3 Å². The number of aromatic hydroxyl groups is 1. The monoisotopic (exact) mass is 330 g/mol. The van der Waals surface area contributed by atoms with Crippen LogP contribution in [0, 0.1) is 13.8 Å². The molecule has 2 rings (SSSR count). The van der Waals surface area contributed by atoms with E-state index in [-0.39, 0.29) is 12.4 Å². The average Bonchev–Trinajstić information content (AvgIpc) is 2.44. The first kappa shape index (κ1) is 18.3. The molecule has 0 aliphatic rings. The van der Waals surface area contributed by atoms with Gasteiger partial charge in [-0.25, -0.2) is 4.79 Å². The minimum atomic E-state index is -0.962. The van der Waals surface area contributed by atoms with Crippen molar-refractivity contribution < 1.29 is 19.4 Å². The summed E-state index contributed by atoms with van der Waals surface area (Å²) in [5, 5.41) is 12.5. The number of fused-ring (bicyclic) bond motifs is 1. The molecule has 0 amide bonds. The molecule has 0 bridgehead atoms. The Morgan fingerprint density at radius 2 is 1.88 bits per heavy atom. The third kappa shape index (κ3) is 3.88. The molecular formula is C20H26O4. The molecule has 1 atom stereocenters. The lowest BCUT2D eigenvalue weighted by Gasteiger charge is -2.28. The molecule has 0 aliphatic carbocycles. The van der Waals surface area contributed by atoms with Crippen LogP contribution in [-0.4, -0.2) is 23.3 Å². The van der Waals surface area contributed by atoms with E-state index in [2.05, 4.69) is 0 Å². The van der Waals surface area contributed by atoms with E-state index < -0.39 is 17.7 Å². The summed E-state index contributed by atoms with van der Waals surface area (Å²) < 4.78 is 11.1. The SMILES string of the molecule is CCOC(=O)C(OC(C)(C)C)c1c(C)cc2cc(C)ccc2c1O. The Labute approximate surface area is 143 Å². The number of carbonyl (C=O) groups is 1. The first-order chi connectivity index (χ1) is 11.1. The van der Waals surface area contributed by atoms with Crippen LogP contribution in [0.3, 0.4) is 0 Å². The van der Waals surface area contributed by atoms with Gasteiger partial charge in [0.25, 0.3) is 0 Å². The average molecular weight is 330 g/mol. The van der Waals surface area contributed by atoms with Crippen molar-refractivity contribution in [2.45, 2.75) is 53.2 Å². The molecule has 2 aromatic rings. The molecule has 24 heavy (non-hydrogen) atoms. The molecule has 0 heterocycles. The number of phenolic OH excluding ortho intramolecular Hbond substituents is 1. The Morgan fingerprint density at radius 3 is 2.46 bits per heavy atom. The first-order valence-corrected chi connectivity index (χ1v) is 8.21. The van der Waals surface area contributed by atoms with Gasteiger partial charge in [-0.15, -0.1) is 0 Å². The fourth-order valence-electron chi connectivity index (χ4n) is 2.79. The number of esters is 1. The van der Waals surface area contributed by atoms with Gasteiger partial charge in [0, 0.05) is 10.9 Å². The summed E-state index contributed by atoms with van der Waals surface area (Å²) in [4.78, 5) is 12.5. The summed E-state index contributed by atoms with van der Waals surface area (Å²) in [7, 11) is 0. The number of benzene rings is 2. The molecule has 1 N–H and O–H groups in total. The van der Waals surface area contributed by atoms with Gasteiger partial charge in [-0.3, -0.25) is 0 Å². The van der Waals surface area contributed by atoms with Crippen molar-refractivity contribution in [3.63, 3.8) is 0 Å². The molecule has 0 radical (unpaired) electrons. The molecule has 0 spiro atoms. The Morgan fingerprint density at radius 1 is 1.21 bits per heavy atom. The van der Waals surface area contributed by atoms with Gasteiger partial charge in [-0.05, 0) is 52.5 Å². The van der Waals surface area contributed by atoms with E-state index in [1.807, 2.05) is 58.9 Å². The number of ether oxygens (including phenoxy) is 2. The van der Waals surface area contributed by atoms with E-state index in [9.17, 15) is 9.90 Å². The van der Waals surface area contributed by atoms with Crippen LogP contribution in [0.15, 0.2) is 24.3 Å². The van der Waals surface area contributed by atoms with Crippen LogP contribution in [0.4, 0.5) is 0 Å². The predicted octanol–water partition coefficient (Wildman–Crippen LogP) is 4.58. The van der Waals surface area contributed by atoms with Crippen molar-refractivity contribution in [2.24, 2.45) is 0 Å². The molecule has 4 heteroatoms. The zero-order valence-electron chi connectivity index (χ0n) is 15.3. The maximum atomic E-state index is 12.5. The smallest absolute Gasteiger partial charge is 0.340 e.